The molecule has 2 N–H and O–H groups in total. The highest BCUT2D eigenvalue weighted by Gasteiger charge is 2.33. The van der Waals surface area contributed by atoms with Gasteiger partial charge in [0.05, 0.1) is 5.69 Å². The zero-order valence-corrected chi connectivity index (χ0v) is 14.4. The molecule has 21 heavy (non-hydrogen) atoms. The first-order valence-corrected chi connectivity index (χ1v) is 8.42. The number of hydrogen-bond donors (Lipinski definition) is 1. The highest BCUT2D eigenvalue weighted by atomic mass is 32.1. The summed E-state index contributed by atoms with van der Waals surface area (Å²) in [5.41, 5.74) is 13.1. The average molecular weight is 300 g/mol. The summed E-state index contributed by atoms with van der Waals surface area (Å²) in [5, 5.41) is 1.14. The highest BCUT2D eigenvalue weighted by Crippen LogP contribution is 2.44. The summed E-state index contributed by atoms with van der Waals surface area (Å²) in [6.45, 7) is 11.1. The molecule has 1 atom stereocenters. The van der Waals surface area contributed by atoms with Gasteiger partial charge in [-0.25, -0.2) is 4.98 Å². The highest BCUT2D eigenvalue weighted by molar-refractivity contribution is 7.15. The SMILES string of the molecule is Cc1cc(C)c(-c2nc3c(s2)C(N)CC(C)(C)C3)c(C)c1. The van der Waals surface area contributed by atoms with Crippen LogP contribution in [0.25, 0.3) is 10.6 Å². The van der Waals surface area contributed by atoms with E-state index in [2.05, 4.69) is 46.8 Å². The van der Waals surface area contributed by atoms with Gasteiger partial charge in [0.15, 0.2) is 0 Å². The van der Waals surface area contributed by atoms with Crippen molar-refractivity contribution in [1.29, 1.82) is 0 Å². The summed E-state index contributed by atoms with van der Waals surface area (Å²) in [6.07, 6.45) is 2.09. The number of nitrogens with zero attached hydrogens (tertiary/aromatic N) is 1. The predicted octanol–water partition coefficient (Wildman–Crippen LogP) is 4.71. The lowest BCUT2D eigenvalue weighted by Crippen LogP contribution is -2.28. The van der Waals surface area contributed by atoms with E-state index in [0.29, 0.717) is 0 Å². The zero-order chi connectivity index (χ0) is 15.4. The van der Waals surface area contributed by atoms with E-state index < -0.39 is 0 Å². The predicted molar refractivity (Wildman–Crippen MR) is 90.8 cm³/mol. The van der Waals surface area contributed by atoms with Crippen LogP contribution in [0.4, 0.5) is 0 Å². The first-order valence-electron chi connectivity index (χ1n) is 7.60. The van der Waals surface area contributed by atoms with E-state index in [1.54, 1.807) is 11.3 Å². The quantitative estimate of drug-likeness (QED) is 0.828. The second-order valence-electron chi connectivity index (χ2n) is 7.26. The minimum atomic E-state index is 0.140. The fourth-order valence-electron chi connectivity index (χ4n) is 3.62. The minimum absolute atomic E-state index is 0.140. The second-order valence-corrected chi connectivity index (χ2v) is 8.29. The third-order valence-corrected chi connectivity index (χ3v) is 5.62. The van der Waals surface area contributed by atoms with Crippen molar-refractivity contribution in [2.75, 3.05) is 0 Å². The summed E-state index contributed by atoms with van der Waals surface area (Å²) < 4.78 is 0. The van der Waals surface area contributed by atoms with Crippen LogP contribution in [-0.2, 0) is 6.42 Å². The largest absolute Gasteiger partial charge is 0.323 e. The molecule has 0 amide bonds. The van der Waals surface area contributed by atoms with Crippen molar-refractivity contribution in [3.05, 3.63) is 39.4 Å². The molecule has 0 bridgehead atoms. The summed E-state index contributed by atoms with van der Waals surface area (Å²) in [6, 6.07) is 4.63. The lowest BCUT2D eigenvalue weighted by Gasteiger charge is -2.32. The van der Waals surface area contributed by atoms with Gasteiger partial charge in [0.2, 0.25) is 0 Å². The van der Waals surface area contributed by atoms with Crippen LogP contribution in [0.15, 0.2) is 12.1 Å². The lowest BCUT2D eigenvalue weighted by molar-refractivity contribution is 0.282. The van der Waals surface area contributed by atoms with Crippen LogP contribution in [0.1, 0.15) is 53.6 Å². The molecule has 0 fully saturated rings. The molecule has 3 rings (SSSR count). The number of aromatic nitrogens is 1. The van der Waals surface area contributed by atoms with Crippen molar-refractivity contribution in [1.82, 2.24) is 4.98 Å². The van der Waals surface area contributed by atoms with E-state index in [9.17, 15) is 0 Å². The molecule has 2 nitrogen and oxygen atoms in total. The lowest BCUT2D eigenvalue weighted by atomic mass is 9.77. The second kappa shape index (κ2) is 4.92. The van der Waals surface area contributed by atoms with Crippen molar-refractivity contribution >= 4 is 11.3 Å². The van der Waals surface area contributed by atoms with Gasteiger partial charge in [-0.05, 0) is 50.2 Å². The number of rotatable bonds is 1. The Bertz CT molecular complexity index is 674. The molecule has 0 aliphatic heterocycles. The standard InChI is InChI=1S/C18H24N2S/c1-10-6-11(2)15(12(3)7-10)17-20-14-9-18(4,5)8-13(19)16(14)21-17/h6-7,13H,8-9,19H2,1-5H3. The van der Waals surface area contributed by atoms with Crippen LogP contribution in [-0.4, -0.2) is 4.98 Å². The molecular weight excluding hydrogens is 276 g/mol. The molecule has 1 aliphatic rings. The number of aryl methyl sites for hydroxylation is 3. The van der Waals surface area contributed by atoms with E-state index in [-0.39, 0.29) is 11.5 Å². The third-order valence-electron chi connectivity index (χ3n) is 4.37. The summed E-state index contributed by atoms with van der Waals surface area (Å²) in [4.78, 5) is 6.25. The molecular formula is C18H24N2S. The molecule has 0 saturated heterocycles. The smallest absolute Gasteiger partial charge is 0.124 e. The van der Waals surface area contributed by atoms with Crippen molar-refractivity contribution in [3.8, 4) is 10.6 Å². The molecule has 1 aromatic heterocycles. The van der Waals surface area contributed by atoms with Crippen LogP contribution in [0, 0.1) is 26.2 Å². The third kappa shape index (κ3) is 2.65. The fraction of sp³-hybridized carbons (Fsp3) is 0.500. The Balaban J connectivity index is 2.11. The topological polar surface area (TPSA) is 38.9 Å². The summed E-state index contributed by atoms with van der Waals surface area (Å²) >= 11 is 1.80. The minimum Gasteiger partial charge on any atom is -0.323 e. The molecule has 1 heterocycles. The molecule has 1 aliphatic carbocycles. The number of fused-ring (bicyclic) bond motifs is 1. The Morgan fingerprint density at radius 3 is 2.43 bits per heavy atom. The number of hydrogen-bond acceptors (Lipinski definition) is 3. The van der Waals surface area contributed by atoms with Crippen LogP contribution < -0.4 is 5.73 Å². The van der Waals surface area contributed by atoms with Crippen LogP contribution in [0.5, 0.6) is 0 Å². The van der Waals surface area contributed by atoms with Gasteiger partial charge >= 0.3 is 0 Å². The van der Waals surface area contributed by atoms with Gasteiger partial charge in [-0.3, -0.25) is 0 Å². The number of thiazole rings is 1. The normalized spacial score (nSPS) is 20.4. The van der Waals surface area contributed by atoms with Crippen molar-refractivity contribution in [2.45, 2.75) is 53.5 Å². The fourth-order valence-corrected chi connectivity index (χ4v) is 4.88. The molecule has 1 aromatic carbocycles. The van der Waals surface area contributed by atoms with Crippen LogP contribution in [0.2, 0.25) is 0 Å². The Labute approximate surface area is 131 Å². The van der Waals surface area contributed by atoms with Gasteiger partial charge in [-0.2, -0.15) is 0 Å². The average Bonchev–Trinajstić information content (AvgIpc) is 2.69. The maximum absolute atomic E-state index is 6.38. The van der Waals surface area contributed by atoms with Crippen molar-refractivity contribution in [2.24, 2.45) is 11.1 Å². The maximum atomic E-state index is 6.38. The molecule has 0 spiro atoms. The first kappa shape index (κ1) is 14.7. The number of benzene rings is 1. The van der Waals surface area contributed by atoms with Gasteiger partial charge in [-0.15, -0.1) is 11.3 Å². The Morgan fingerprint density at radius 2 is 1.81 bits per heavy atom. The monoisotopic (exact) mass is 300 g/mol. The molecule has 112 valence electrons. The van der Waals surface area contributed by atoms with Crippen LogP contribution in [0.3, 0.4) is 0 Å². The molecule has 1 unspecified atom stereocenters. The van der Waals surface area contributed by atoms with E-state index in [0.717, 1.165) is 17.8 Å². The van der Waals surface area contributed by atoms with E-state index >= 15 is 0 Å². The molecule has 2 aromatic rings. The van der Waals surface area contributed by atoms with Crippen molar-refractivity contribution in [3.63, 3.8) is 0 Å². The first-order chi connectivity index (χ1) is 9.77. The maximum Gasteiger partial charge on any atom is 0.124 e. The zero-order valence-electron chi connectivity index (χ0n) is 13.6. The molecule has 3 heteroatoms. The molecule has 0 saturated carbocycles. The van der Waals surface area contributed by atoms with E-state index in [1.165, 1.54) is 32.8 Å². The van der Waals surface area contributed by atoms with Gasteiger partial charge in [-0.1, -0.05) is 31.5 Å². The Morgan fingerprint density at radius 1 is 1.19 bits per heavy atom. The van der Waals surface area contributed by atoms with Gasteiger partial charge < -0.3 is 5.73 Å². The Kier molecular flexibility index (Phi) is 3.45. The number of nitrogens with two attached hydrogens (primary N) is 1. The van der Waals surface area contributed by atoms with Crippen LogP contribution >= 0.6 is 11.3 Å². The van der Waals surface area contributed by atoms with Gasteiger partial charge in [0, 0.05) is 16.5 Å². The van der Waals surface area contributed by atoms with Gasteiger partial charge in [0.25, 0.3) is 0 Å². The molecule has 0 radical (unpaired) electrons. The Hall–Kier alpha value is -1.19. The summed E-state index contributed by atoms with van der Waals surface area (Å²) in [7, 11) is 0. The summed E-state index contributed by atoms with van der Waals surface area (Å²) in [5.74, 6) is 0. The van der Waals surface area contributed by atoms with E-state index in [4.69, 9.17) is 10.7 Å². The van der Waals surface area contributed by atoms with E-state index in [1.807, 2.05) is 0 Å². The van der Waals surface area contributed by atoms with Crippen molar-refractivity contribution < 1.29 is 0 Å². The van der Waals surface area contributed by atoms with Gasteiger partial charge in [0.1, 0.15) is 5.01 Å².